The van der Waals surface area contributed by atoms with Crippen molar-refractivity contribution in [2.45, 2.75) is 26.7 Å². The summed E-state index contributed by atoms with van der Waals surface area (Å²) in [7, 11) is 0. The number of ether oxygens (including phenoxy) is 2. The first-order chi connectivity index (χ1) is 6.81. The molecule has 2 amide bonds. The molecule has 14 heavy (non-hydrogen) atoms. The molecule has 0 aromatic rings. The van der Waals surface area contributed by atoms with E-state index in [1.165, 1.54) is 0 Å². The predicted octanol–water partition coefficient (Wildman–Crippen LogP) is 1.05. The van der Waals surface area contributed by atoms with Crippen molar-refractivity contribution in [2.24, 2.45) is 0 Å². The van der Waals surface area contributed by atoms with E-state index < -0.39 is 0 Å². The van der Waals surface area contributed by atoms with E-state index in [-0.39, 0.29) is 19.5 Å². The highest BCUT2D eigenvalue weighted by Crippen LogP contribution is 1.78. The molecule has 0 bridgehead atoms. The zero-order valence-electron chi connectivity index (χ0n) is 8.97. The highest BCUT2D eigenvalue weighted by molar-refractivity contribution is 5.73. The fourth-order valence-corrected chi connectivity index (χ4v) is 0.729. The number of urea groups is 1. The minimum atomic E-state index is -0.266. The van der Waals surface area contributed by atoms with Crippen LogP contribution in [-0.4, -0.2) is 32.7 Å². The Kier molecular flexibility index (Phi) is 9.68. The van der Waals surface area contributed by atoms with Crippen LogP contribution >= 0.6 is 0 Å². The number of carbonyl (C=O) groups is 1. The largest absolute Gasteiger partial charge is 0.361 e. The van der Waals surface area contributed by atoms with Gasteiger partial charge in [0.25, 0.3) is 0 Å². The standard InChI is InChI=1S/C9H20N2O3/c1-3-5-13-7-10-9(12)11-8-14-6-4-2/h3-8H2,1-2H3,(H2,10,11,12). The summed E-state index contributed by atoms with van der Waals surface area (Å²) in [6, 6.07) is -0.266. The van der Waals surface area contributed by atoms with Crippen molar-refractivity contribution in [2.75, 3.05) is 26.7 Å². The molecule has 0 rings (SSSR count). The average molecular weight is 204 g/mol. The molecule has 0 fully saturated rings. The van der Waals surface area contributed by atoms with Crippen molar-refractivity contribution in [3.63, 3.8) is 0 Å². The molecule has 0 aliphatic rings. The quantitative estimate of drug-likeness (QED) is 0.459. The highest BCUT2D eigenvalue weighted by Gasteiger charge is 1.96. The first kappa shape index (κ1) is 13.2. The molecule has 0 saturated carbocycles. The Balaban J connectivity index is 3.11. The molecule has 0 aliphatic carbocycles. The van der Waals surface area contributed by atoms with E-state index in [1.807, 2.05) is 13.8 Å². The summed E-state index contributed by atoms with van der Waals surface area (Å²) in [5, 5.41) is 5.08. The molecule has 0 atom stereocenters. The summed E-state index contributed by atoms with van der Waals surface area (Å²) in [4.78, 5) is 11.0. The van der Waals surface area contributed by atoms with E-state index in [2.05, 4.69) is 10.6 Å². The molecular formula is C9H20N2O3. The SMILES string of the molecule is CCCOCNC(=O)NCOCCC. The van der Waals surface area contributed by atoms with Crippen LogP contribution in [0.3, 0.4) is 0 Å². The summed E-state index contributed by atoms with van der Waals surface area (Å²) >= 11 is 0. The van der Waals surface area contributed by atoms with Crippen LogP contribution in [-0.2, 0) is 9.47 Å². The molecule has 0 saturated heterocycles. The molecule has 0 aliphatic heterocycles. The second-order valence-corrected chi connectivity index (χ2v) is 2.79. The van der Waals surface area contributed by atoms with Gasteiger partial charge in [-0.05, 0) is 12.8 Å². The Morgan fingerprint density at radius 1 is 1.00 bits per heavy atom. The Hall–Kier alpha value is -0.810. The van der Waals surface area contributed by atoms with Gasteiger partial charge in [0.2, 0.25) is 0 Å². The van der Waals surface area contributed by atoms with Gasteiger partial charge in [-0.3, -0.25) is 0 Å². The van der Waals surface area contributed by atoms with Crippen molar-refractivity contribution >= 4 is 6.03 Å². The first-order valence-electron chi connectivity index (χ1n) is 4.98. The van der Waals surface area contributed by atoms with E-state index >= 15 is 0 Å². The van der Waals surface area contributed by atoms with Crippen molar-refractivity contribution in [3.8, 4) is 0 Å². The molecule has 84 valence electrons. The average Bonchev–Trinajstić information content (AvgIpc) is 2.19. The summed E-state index contributed by atoms with van der Waals surface area (Å²) in [6.07, 6.45) is 1.89. The van der Waals surface area contributed by atoms with Crippen LogP contribution in [0.2, 0.25) is 0 Å². The van der Waals surface area contributed by atoms with Gasteiger partial charge in [-0.15, -0.1) is 0 Å². The van der Waals surface area contributed by atoms with E-state index in [0.29, 0.717) is 13.2 Å². The molecule has 0 spiro atoms. The Bertz CT molecular complexity index is 128. The first-order valence-corrected chi connectivity index (χ1v) is 4.98. The third-order valence-electron chi connectivity index (χ3n) is 1.37. The van der Waals surface area contributed by atoms with Crippen LogP contribution in [0.1, 0.15) is 26.7 Å². The lowest BCUT2D eigenvalue weighted by Crippen LogP contribution is -2.38. The fourth-order valence-electron chi connectivity index (χ4n) is 0.729. The van der Waals surface area contributed by atoms with Crippen LogP contribution in [0.25, 0.3) is 0 Å². The molecule has 0 aromatic carbocycles. The smallest absolute Gasteiger partial charge is 0.318 e. The minimum Gasteiger partial charge on any atom is -0.361 e. The van der Waals surface area contributed by atoms with E-state index in [0.717, 1.165) is 12.8 Å². The summed E-state index contributed by atoms with van der Waals surface area (Å²) in [5.74, 6) is 0. The number of nitrogens with one attached hydrogen (secondary N) is 2. The van der Waals surface area contributed by atoms with Crippen LogP contribution in [0.5, 0.6) is 0 Å². The van der Waals surface area contributed by atoms with Gasteiger partial charge in [-0.2, -0.15) is 0 Å². The maximum absolute atomic E-state index is 11.0. The van der Waals surface area contributed by atoms with Crippen LogP contribution in [0, 0.1) is 0 Å². The minimum absolute atomic E-state index is 0.244. The van der Waals surface area contributed by atoms with Crippen LogP contribution < -0.4 is 10.6 Å². The predicted molar refractivity (Wildman–Crippen MR) is 53.9 cm³/mol. The van der Waals surface area contributed by atoms with Crippen molar-refractivity contribution in [3.05, 3.63) is 0 Å². The Morgan fingerprint density at radius 3 is 1.79 bits per heavy atom. The third-order valence-corrected chi connectivity index (χ3v) is 1.37. The van der Waals surface area contributed by atoms with E-state index in [9.17, 15) is 4.79 Å². The number of hydrogen-bond acceptors (Lipinski definition) is 3. The molecule has 5 heteroatoms. The van der Waals surface area contributed by atoms with Gasteiger partial charge in [-0.25, -0.2) is 4.79 Å². The molecule has 5 nitrogen and oxygen atoms in total. The van der Waals surface area contributed by atoms with Crippen LogP contribution in [0.4, 0.5) is 4.79 Å². The topological polar surface area (TPSA) is 59.6 Å². The van der Waals surface area contributed by atoms with E-state index in [4.69, 9.17) is 9.47 Å². The normalized spacial score (nSPS) is 9.86. The number of rotatable bonds is 8. The zero-order valence-corrected chi connectivity index (χ0v) is 8.97. The molecule has 0 heterocycles. The Morgan fingerprint density at radius 2 is 1.43 bits per heavy atom. The lowest BCUT2D eigenvalue weighted by atomic mass is 10.5. The number of carbonyl (C=O) groups excluding carboxylic acids is 1. The van der Waals surface area contributed by atoms with Gasteiger partial charge in [0.15, 0.2) is 0 Å². The zero-order chi connectivity index (χ0) is 10.6. The van der Waals surface area contributed by atoms with Gasteiger partial charge in [-0.1, -0.05) is 13.8 Å². The molecule has 0 unspecified atom stereocenters. The van der Waals surface area contributed by atoms with Gasteiger partial charge in [0.05, 0.1) is 0 Å². The lowest BCUT2D eigenvalue weighted by Gasteiger charge is -2.07. The summed E-state index contributed by atoms with van der Waals surface area (Å²) in [5.41, 5.74) is 0. The second-order valence-electron chi connectivity index (χ2n) is 2.79. The van der Waals surface area contributed by atoms with Crippen LogP contribution in [0.15, 0.2) is 0 Å². The maximum Gasteiger partial charge on any atom is 0.318 e. The van der Waals surface area contributed by atoms with Crippen molar-refractivity contribution in [1.29, 1.82) is 0 Å². The van der Waals surface area contributed by atoms with Gasteiger partial charge >= 0.3 is 6.03 Å². The van der Waals surface area contributed by atoms with Gasteiger partial charge in [0.1, 0.15) is 13.5 Å². The number of hydrogen-bond donors (Lipinski definition) is 2. The van der Waals surface area contributed by atoms with Crippen molar-refractivity contribution in [1.82, 2.24) is 10.6 Å². The highest BCUT2D eigenvalue weighted by atomic mass is 16.5. The number of amides is 2. The molecular weight excluding hydrogens is 184 g/mol. The van der Waals surface area contributed by atoms with Crippen molar-refractivity contribution < 1.29 is 14.3 Å². The fraction of sp³-hybridized carbons (Fsp3) is 0.889. The lowest BCUT2D eigenvalue weighted by molar-refractivity contribution is 0.106. The van der Waals surface area contributed by atoms with E-state index in [1.54, 1.807) is 0 Å². The Labute approximate surface area is 85.1 Å². The maximum atomic E-state index is 11.0. The third kappa shape index (κ3) is 9.28. The molecule has 0 radical (unpaired) electrons. The molecule has 2 N–H and O–H groups in total. The monoisotopic (exact) mass is 204 g/mol. The van der Waals surface area contributed by atoms with Gasteiger partial charge < -0.3 is 20.1 Å². The molecule has 0 aromatic heterocycles. The summed E-state index contributed by atoms with van der Waals surface area (Å²) < 4.78 is 10.1. The summed E-state index contributed by atoms with van der Waals surface area (Å²) in [6.45, 7) is 5.83. The second kappa shape index (κ2) is 10.3. The van der Waals surface area contributed by atoms with Gasteiger partial charge in [0, 0.05) is 13.2 Å².